The maximum Gasteiger partial charge on any atom is 0.321 e. The number of hydrogen-bond donors (Lipinski definition) is 1. The summed E-state index contributed by atoms with van der Waals surface area (Å²) < 4.78 is 11.0. The molecular weight excluding hydrogens is 258 g/mol. The number of hydrogen-bond acceptors (Lipinski definition) is 4. The average Bonchev–Trinajstić information content (AvgIpc) is 2.38. The molecule has 0 aliphatic rings. The molecule has 0 aliphatic carbocycles. The molecule has 0 saturated carbocycles. The summed E-state index contributed by atoms with van der Waals surface area (Å²) in [5, 5.41) is 9.22. The van der Waals surface area contributed by atoms with Crippen LogP contribution in [0.2, 0.25) is 0 Å². The van der Waals surface area contributed by atoms with Crippen molar-refractivity contribution in [3.8, 4) is 11.5 Å². The van der Waals surface area contributed by atoms with Gasteiger partial charge >= 0.3 is 5.97 Å². The van der Waals surface area contributed by atoms with Crippen LogP contribution in [0, 0.1) is 0 Å². The Balaban J connectivity index is 2.95. The largest absolute Gasteiger partial charge is 0.490 e. The first-order valence-electron chi connectivity index (χ1n) is 6.77. The third kappa shape index (κ3) is 4.42. The van der Waals surface area contributed by atoms with Crippen molar-refractivity contribution in [2.45, 2.75) is 26.3 Å². The van der Waals surface area contributed by atoms with Crippen molar-refractivity contribution in [1.29, 1.82) is 0 Å². The van der Waals surface area contributed by atoms with Gasteiger partial charge in [-0.25, -0.2) is 0 Å². The van der Waals surface area contributed by atoms with Gasteiger partial charge in [-0.15, -0.1) is 0 Å². The quantitative estimate of drug-likeness (QED) is 0.790. The summed E-state index contributed by atoms with van der Waals surface area (Å²) in [5.74, 6) is 0.520. The molecule has 5 nitrogen and oxygen atoms in total. The first-order chi connectivity index (χ1) is 9.49. The minimum atomic E-state index is -0.832. The molecule has 0 amide bonds. The van der Waals surface area contributed by atoms with Gasteiger partial charge in [-0.05, 0) is 52.1 Å². The molecule has 0 bridgehead atoms. The molecule has 112 valence electrons. The fraction of sp³-hybridized carbons (Fsp3) is 0.533. The van der Waals surface area contributed by atoms with Crippen molar-refractivity contribution in [2.75, 3.05) is 27.3 Å². The lowest BCUT2D eigenvalue weighted by Gasteiger charge is -2.20. The molecule has 1 unspecified atom stereocenters. The minimum absolute atomic E-state index is 0.425. The van der Waals surface area contributed by atoms with E-state index in [0.717, 1.165) is 5.56 Å². The van der Waals surface area contributed by atoms with Crippen LogP contribution in [0.4, 0.5) is 0 Å². The van der Waals surface area contributed by atoms with Crippen LogP contribution in [0.3, 0.4) is 0 Å². The second-order valence-electron chi connectivity index (χ2n) is 4.67. The van der Waals surface area contributed by atoms with E-state index in [9.17, 15) is 9.90 Å². The molecule has 20 heavy (non-hydrogen) atoms. The summed E-state index contributed by atoms with van der Waals surface area (Å²) in [5.41, 5.74) is 0.915. The van der Waals surface area contributed by atoms with E-state index in [2.05, 4.69) is 0 Å². The van der Waals surface area contributed by atoms with E-state index < -0.39 is 12.0 Å². The van der Waals surface area contributed by atoms with Gasteiger partial charge < -0.3 is 14.6 Å². The highest BCUT2D eigenvalue weighted by molar-refractivity contribution is 5.73. The smallest absolute Gasteiger partial charge is 0.321 e. The lowest BCUT2D eigenvalue weighted by molar-refractivity contribution is -0.142. The summed E-state index contributed by atoms with van der Waals surface area (Å²) in [6, 6.07) is 5.02. The van der Waals surface area contributed by atoms with Gasteiger partial charge in [0.15, 0.2) is 11.5 Å². The van der Waals surface area contributed by atoms with E-state index in [-0.39, 0.29) is 0 Å². The van der Waals surface area contributed by atoms with Crippen LogP contribution in [-0.4, -0.2) is 49.3 Å². The second kappa shape index (κ2) is 7.75. The van der Waals surface area contributed by atoms with Crippen molar-refractivity contribution >= 4 is 5.97 Å². The summed E-state index contributed by atoms with van der Waals surface area (Å²) in [4.78, 5) is 12.9. The van der Waals surface area contributed by atoms with Crippen molar-refractivity contribution in [2.24, 2.45) is 0 Å². The molecule has 0 fully saturated rings. The van der Waals surface area contributed by atoms with Crippen LogP contribution in [0.15, 0.2) is 18.2 Å². The Morgan fingerprint density at radius 2 is 1.80 bits per heavy atom. The highest BCUT2D eigenvalue weighted by Gasteiger charge is 2.20. The number of ether oxygens (including phenoxy) is 2. The van der Waals surface area contributed by atoms with Crippen LogP contribution in [-0.2, 0) is 11.2 Å². The molecule has 0 spiro atoms. The van der Waals surface area contributed by atoms with Gasteiger partial charge in [0, 0.05) is 0 Å². The maximum atomic E-state index is 11.2. The zero-order valence-electron chi connectivity index (χ0n) is 12.5. The molecule has 1 aromatic carbocycles. The zero-order chi connectivity index (χ0) is 15.1. The lowest BCUT2D eigenvalue weighted by atomic mass is 10.0. The molecule has 1 rings (SSSR count). The number of carboxylic acid groups (broad SMARTS) is 1. The molecule has 1 aromatic rings. The van der Waals surface area contributed by atoms with Gasteiger partial charge in [0.1, 0.15) is 6.04 Å². The first-order valence-corrected chi connectivity index (χ1v) is 6.77. The van der Waals surface area contributed by atoms with Crippen LogP contribution in [0.5, 0.6) is 11.5 Å². The van der Waals surface area contributed by atoms with Crippen molar-refractivity contribution in [3.05, 3.63) is 23.8 Å². The molecule has 0 aliphatic heterocycles. The predicted molar refractivity (Wildman–Crippen MR) is 77.6 cm³/mol. The Kier molecular flexibility index (Phi) is 6.31. The van der Waals surface area contributed by atoms with E-state index in [0.29, 0.717) is 31.1 Å². The molecule has 5 heteroatoms. The summed E-state index contributed by atoms with van der Waals surface area (Å²) in [6.45, 7) is 4.92. The fourth-order valence-electron chi connectivity index (χ4n) is 1.94. The third-order valence-corrected chi connectivity index (χ3v) is 2.95. The maximum absolute atomic E-state index is 11.2. The number of likely N-dealkylation sites (N-methyl/N-ethyl adjacent to an activating group) is 1. The number of aliphatic carboxylic acids is 1. The monoisotopic (exact) mass is 281 g/mol. The number of nitrogens with zero attached hydrogens (tertiary/aromatic N) is 1. The van der Waals surface area contributed by atoms with Crippen LogP contribution in [0.1, 0.15) is 19.4 Å². The van der Waals surface area contributed by atoms with E-state index in [1.807, 2.05) is 32.0 Å². The van der Waals surface area contributed by atoms with Crippen LogP contribution < -0.4 is 9.47 Å². The average molecular weight is 281 g/mol. The third-order valence-electron chi connectivity index (χ3n) is 2.95. The van der Waals surface area contributed by atoms with Gasteiger partial charge in [0.2, 0.25) is 0 Å². The van der Waals surface area contributed by atoms with Gasteiger partial charge in [0.05, 0.1) is 13.2 Å². The normalized spacial score (nSPS) is 12.2. The van der Waals surface area contributed by atoms with E-state index in [1.165, 1.54) is 0 Å². The molecule has 1 atom stereocenters. The van der Waals surface area contributed by atoms with Crippen LogP contribution in [0.25, 0.3) is 0 Å². The lowest BCUT2D eigenvalue weighted by Crippen LogP contribution is -2.37. The summed E-state index contributed by atoms with van der Waals surface area (Å²) >= 11 is 0. The predicted octanol–water partition coefficient (Wildman–Crippen LogP) is 2.04. The first kappa shape index (κ1) is 16.3. The molecule has 0 aromatic heterocycles. The zero-order valence-corrected chi connectivity index (χ0v) is 12.5. The standard InChI is InChI=1S/C15H23NO4/c1-5-19-13-8-7-11(10-14(13)20-6-2)9-12(15(17)18)16(3)4/h7-8,10,12H,5-6,9H2,1-4H3,(H,17,18). The molecular formula is C15H23NO4. The molecule has 0 radical (unpaired) electrons. The number of carbonyl (C=O) groups is 1. The van der Waals surface area contributed by atoms with E-state index in [1.54, 1.807) is 19.0 Å². The summed E-state index contributed by atoms with van der Waals surface area (Å²) in [7, 11) is 3.52. The highest BCUT2D eigenvalue weighted by Crippen LogP contribution is 2.29. The Bertz CT molecular complexity index is 445. The van der Waals surface area contributed by atoms with Crippen LogP contribution >= 0.6 is 0 Å². The molecule has 1 N–H and O–H groups in total. The number of benzene rings is 1. The van der Waals surface area contributed by atoms with Crippen molar-refractivity contribution in [1.82, 2.24) is 4.90 Å². The van der Waals surface area contributed by atoms with E-state index in [4.69, 9.17) is 9.47 Å². The van der Waals surface area contributed by atoms with Gasteiger partial charge in [-0.1, -0.05) is 6.07 Å². The Morgan fingerprint density at radius 1 is 1.20 bits per heavy atom. The highest BCUT2D eigenvalue weighted by atomic mass is 16.5. The Hall–Kier alpha value is -1.75. The number of rotatable bonds is 8. The minimum Gasteiger partial charge on any atom is -0.490 e. The molecule has 0 heterocycles. The fourth-order valence-corrected chi connectivity index (χ4v) is 1.94. The van der Waals surface area contributed by atoms with Crippen molar-refractivity contribution in [3.63, 3.8) is 0 Å². The van der Waals surface area contributed by atoms with Crippen molar-refractivity contribution < 1.29 is 19.4 Å². The van der Waals surface area contributed by atoms with Gasteiger partial charge in [0.25, 0.3) is 0 Å². The SMILES string of the molecule is CCOc1ccc(CC(C(=O)O)N(C)C)cc1OCC. The van der Waals surface area contributed by atoms with E-state index >= 15 is 0 Å². The molecule has 0 saturated heterocycles. The summed E-state index contributed by atoms with van der Waals surface area (Å²) in [6.07, 6.45) is 0.425. The topological polar surface area (TPSA) is 59.0 Å². The Labute approximate surface area is 120 Å². The second-order valence-corrected chi connectivity index (χ2v) is 4.67. The van der Waals surface area contributed by atoms with Gasteiger partial charge in [-0.3, -0.25) is 9.69 Å². The Morgan fingerprint density at radius 3 is 2.30 bits per heavy atom. The van der Waals surface area contributed by atoms with Gasteiger partial charge in [-0.2, -0.15) is 0 Å². The number of carboxylic acids is 1.